The van der Waals surface area contributed by atoms with Crippen molar-refractivity contribution in [3.05, 3.63) is 60.2 Å². The van der Waals surface area contributed by atoms with Crippen LogP contribution in [0, 0.1) is 5.41 Å². The van der Waals surface area contributed by atoms with Gasteiger partial charge in [-0.2, -0.15) is 0 Å². The van der Waals surface area contributed by atoms with E-state index in [1.807, 2.05) is 24.1 Å². The zero-order valence-electron chi connectivity index (χ0n) is 16.2. The fourth-order valence-electron chi connectivity index (χ4n) is 3.90. The summed E-state index contributed by atoms with van der Waals surface area (Å²) < 4.78 is 5.36. The van der Waals surface area contributed by atoms with Crippen molar-refractivity contribution >= 4 is 17.1 Å². The lowest BCUT2D eigenvalue weighted by Gasteiger charge is -2.52. The van der Waals surface area contributed by atoms with Gasteiger partial charge in [0.2, 0.25) is 0 Å². The van der Waals surface area contributed by atoms with Crippen LogP contribution in [-0.2, 0) is 10.2 Å². The second kappa shape index (κ2) is 8.02. The molecule has 0 saturated carbocycles. The summed E-state index contributed by atoms with van der Waals surface area (Å²) in [4.78, 5) is 1.86. The number of rotatable bonds is 9. The molecule has 2 N–H and O–H groups in total. The Bertz CT molecular complexity index is 789. The number of aliphatic hydroxyl groups excluding tert-OH is 1. The Labute approximate surface area is 156 Å². The van der Waals surface area contributed by atoms with Gasteiger partial charge < -0.3 is 14.7 Å². The second-order valence-corrected chi connectivity index (χ2v) is 7.22. The first-order valence-corrected chi connectivity index (χ1v) is 8.86. The summed E-state index contributed by atoms with van der Waals surface area (Å²) >= 11 is 0. The zero-order chi connectivity index (χ0) is 19.4. The lowest BCUT2D eigenvalue weighted by Crippen LogP contribution is -2.59. The molecule has 0 radical (unpaired) electrons. The first kappa shape index (κ1) is 20.1. The van der Waals surface area contributed by atoms with Gasteiger partial charge in [0.25, 0.3) is 0 Å². The molecule has 2 aromatic carbocycles. The van der Waals surface area contributed by atoms with Crippen molar-refractivity contribution in [2.75, 3.05) is 27.4 Å². The summed E-state index contributed by atoms with van der Waals surface area (Å²) in [6.45, 7) is 8.92. The second-order valence-electron chi connectivity index (χ2n) is 7.22. The molecule has 4 heteroatoms. The first-order chi connectivity index (χ1) is 12.3. The Kier molecular flexibility index (Phi) is 6.21. The molecule has 0 aromatic heterocycles. The van der Waals surface area contributed by atoms with Gasteiger partial charge in [0, 0.05) is 26.2 Å². The lowest BCUT2D eigenvalue weighted by atomic mass is 9.61. The van der Waals surface area contributed by atoms with Gasteiger partial charge in [-0.1, -0.05) is 56.0 Å². The van der Waals surface area contributed by atoms with Gasteiger partial charge in [-0.05, 0) is 35.3 Å². The molecule has 26 heavy (non-hydrogen) atoms. The van der Waals surface area contributed by atoms with Gasteiger partial charge >= 0.3 is 0 Å². The van der Waals surface area contributed by atoms with Gasteiger partial charge in [-0.25, -0.2) is 0 Å². The number of hydrogen-bond acceptors (Lipinski definition) is 3. The third-order valence-corrected chi connectivity index (χ3v) is 5.98. The lowest BCUT2D eigenvalue weighted by molar-refractivity contribution is 0.101. The van der Waals surface area contributed by atoms with E-state index in [1.165, 1.54) is 11.7 Å². The van der Waals surface area contributed by atoms with E-state index in [4.69, 9.17) is 10.1 Å². The zero-order valence-corrected chi connectivity index (χ0v) is 16.2. The predicted molar refractivity (Wildman–Crippen MR) is 109 cm³/mol. The largest absolute Gasteiger partial charge is 0.396 e. The highest BCUT2D eigenvalue weighted by molar-refractivity contribution is 5.83. The normalized spacial score (nSPS) is 15.9. The van der Waals surface area contributed by atoms with Crippen molar-refractivity contribution in [2.24, 2.45) is 0 Å². The minimum atomic E-state index is -0.601. The predicted octanol–water partition coefficient (Wildman–Crippen LogP) is 3.98. The monoisotopic (exact) mass is 354 g/mol. The molecule has 4 nitrogen and oxygen atoms in total. The Morgan fingerprint density at radius 2 is 1.88 bits per heavy atom. The van der Waals surface area contributed by atoms with E-state index in [9.17, 15) is 5.11 Å². The quantitative estimate of drug-likeness (QED) is 0.407. The summed E-state index contributed by atoms with van der Waals surface area (Å²) in [7, 11) is 3.53. The van der Waals surface area contributed by atoms with Gasteiger partial charge in [0.1, 0.15) is 0 Å². The van der Waals surface area contributed by atoms with Crippen LogP contribution in [0.4, 0.5) is 0 Å². The maximum absolute atomic E-state index is 9.87. The van der Waals surface area contributed by atoms with E-state index in [0.717, 1.165) is 16.5 Å². The SMILES string of the molecule is C=C(COC)C(C)(N(C)C=N)C(C)(CCO)c1ccc2ccccc2c1. The molecule has 0 bridgehead atoms. The van der Waals surface area contributed by atoms with Crippen LogP contribution in [0.2, 0.25) is 0 Å². The highest BCUT2D eigenvalue weighted by atomic mass is 16.5. The summed E-state index contributed by atoms with van der Waals surface area (Å²) in [5.41, 5.74) is 0.915. The third-order valence-electron chi connectivity index (χ3n) is 5.98. The minimum Gasteiger partial charge on any atom is -0.396 e. The Morgan fingerprint density at radius 1 is 1.23 bits per heavy atom. The van der Waals surface area contributed by atoms with Crippen LogP contribution in [0.15, 0.2) is 54.6 Å². The van der Waals surface area contributed by atoms with Crippen LogP contribution < -0.4 is 0 Å². The molecule has 2 unspecified atom stereocenters. The van der Waals surface area contributed by atoms with Gasteiger partial charge in [0.05, 0.1) is 18.5 Å². The van der Waals surface area contributed by atoms with Gasteiger partial charge in [-0.15, -0.1) is 0 Å². The van der Waals surface area contributed by atoms with Crippen LogP contribution in [0.25, 0.3) is 10.8 Å². The molecule has 0 saturated heterocycles. The van der Waals surface area contributed by atoms with Crippen LogP contribution in [0.3, 0.4) is 0 Å². The topological polar surface area (TPSA) is 56.5 Å². The number of methoxy groups -OCH3 is 1. The molecule has 2 atom stereocenters. The first-order valence-electron chi connectivity index (χ1n) is 8.86. The summed E-state index contributed by atoms with van der Waals surface area (Å²) in [5.74, 6) is 0. The van der Waals surface area contributed by atoms with E-state index in [1.54, 1.807) is 7.11 Å². The van der Waals surface area contributed by atoms with E-state index in [2.05, 4.69) is 50.8 Å². The number of nitrogens with one attached hydrogen (secondary N) is 1. The Balaban J connectivity index is 2.70. The summed E-state index contributed by atoms with van der Waals surface area (Å²) in [5, 5.41) is 20.1. The van der Waals surface area contributed by atoms with Gasteiger partial charge in [-0.3, -0.25) is 5.41 Å². The molecule has 0 fully saturated rings. The van der Waals surface area contributed by atoms with Crippen LogP contribution in [0.1, 0.15) is 25.8 Å². The van der Waals surface area contributed by atoms with E-state index < -0.39 is 11.0 Å². The number of benzene rings is 2. The fraction of sp³-hybridized carbons (Fsp3) is 0.409. The maximum atomic E-state index is 9.87. The number of aliphatic hydroxyl groups is 1. The van der Waals surface area contributed by atoms with Crippen molar-refractivity contribution in [2.45, 2.75) is 31.2 Å². The molecule has 2 rings (SSSR count). The smallest absolute Gasteiger partial charge is 0.0822 e. The molecule has 0 spiro atoms. The maximum Gasteiger partial charge on any atom is 0.0822 e. The highest BCUT2D eigenvalue weighted by Crippen LogP contribution is 2.45. The van der Waals surface area contributed by atoms with Crippen molar-refractivity contribution in [1.29, 1.82) is 5.41 Å². The minimum absolute atomic E-state index is 0.0466. The molecule has 0 aliphatic rings. The highest BCUT2D eigenvalue weighted by Gasteiger charge is 2.49. The van der Waals surface area contributed by atoms with E-state index in [-0.39, 0.29) is 6.61 Å². The average molecular weight is 354 g/mol. The molecule has 0 heterocycles. The van der Waals surface area contributed by atoms with Crippen molar-refractivity contribution < 1.29 is 9.84 Å². The van der Waals surface area contributed by atoms with Crippen LogP contribution in [0.5, 0.6) is 0 Å². The molecular weight excluding hydrogens is 324 g/mol. The number of fused-ring (bicyclic) bond motifs is 1. The number of ether oxygens (including phenoxy) is 1. The molecule has 2 aromatic rings. The summed E-state index contributed by atoms with van der Waals surface area (Å²) in [6, 6.07) is 14.7. The third kappa shape index (κ3) is 3.27. The Hall–Kier alpha value is -2.17. The van der Waals surface area contributed by atoms with Crippen molar-refractivity contribution in [1.82, 2.24) is 4.90 Å². The standard InChI is InChI=1S/C22H30N2O2/c1-17(15-26-5)22(3,24(4)16-23)21(2,12-13-25)20-11-10-18-8-6-7-9-19(18)14-20/h6-11,14,16,23,25H,1,12-13,15H2,2-5H3. The molecule has 0 amide bonds. The number of hydrogen-bond donors (Lipinski definition) is 2. The molecule has 0 aliphatic heterocycles. The van der Waals surface area contributed by atoms with E-state index >= 15 is 0 Å². The van der Waals surface area contributed by atoms with Crippen molar-refractivity contribution in [3.63, 3.8) is 0 Å². The van der Waals surface area contributed by atoms with Crippen LogP contribution >= 0.6 is 0 Å². The molecule has 140 valence electrons. The van der Waals surface area contributed by atoms with Gasteiger partial charge in [0.15, 0.2) is 0 Å². The van der Waals surface area contributed by atoms with Crippen LogP contribution in [-0.4, -0.2) is 49.3 Å². The molecule has 0 aliphatic carbocycles. The summed E-state index contributed by atoms with van der Waals surface area (Å²) in [6.07, 6.45) is 1.86. The number of nitrogens with zero attached hydrogens (tertiary/aromatic N) is 1. The number of likely N-dealkylation sites (N-methyl/N-ethyl adjacent to an activating group) is 1. The van der Waals surface area contributed by atoms with Crippen molar-refractivity contribution in [3.8, 4) is 0 Å². The molecular formula is C22H30N2O2. The van der Waals surface area contributed by atoms with E-state index in [0.29, 0.717) is 13.0 Å². The Morgan fingerprint density at radius 3 is 2.46 bits per heavy atom. The average Bonchev–Trinajstić information content (AvgIpc) is 2.66. The fourth-order valence-corrected chi connectivity index (χ4v) is 3.90.